The lowest BCUT2D eigenvalue weighted by Gasteiger charge is -2.46. The van der Waals surface area contributed by atoms with Crippen molar-refractivity contribution in [3.05, 3.63) is 96.9 Å². The van der Waals surface area contributed by atoms with Crippen LogP contribution in [0.5, 0.6) is 11.8 Å². The summed E-state index contributed by atoms with van der Waals surface area (Å²) in [5.74, 6) is 1.74. The van der Waals surface area contributed by atoms with Crippen molar-refractivity contribution in [1.82, 2.24) is 31.2 Å². The van der Waals surface area contributed by atoms with Crippen LogP contribution < -0.4 is 30.7 Å². The maximum atomic E-state index is 14.1. The molecule has 0 bridgehead atoms. The first-order valence-electron chi connectivity index (χ1n) is 20.7. The molecule has 2 amide bonds. The van der Waals surface area contributed by atoms with E-state index in [4.69, 9.17) is 19.5 Å². The van der Waals surface area contributed by atoms with Crippen LogP contribution in [-0.4, -0.2) is 84.9 Å². The Balaban J connectivity index is 1.29. The first-order chi connectivity index (χ1) is 28.3. The first-order valence-corrected chi connectivity index (χ1v) is 20.7. The quantitative estimate of drug-likeness (QED) is 0.0982. The summed E-state index contributed by atoms with van der Waals surface area (Å²) in [5.41, 5.74) is 0.191. The number of ether oxygens (including phenoxy) is 2. The van der Waals surface area contributed by atoms with Gasteiger partial charge in [-0.3, -0.25) is 19.6 Å². The van der Waals surface area contributed by atoms with Gasteiger partial charge >= 0.3 is 0 Å². The Morgan fingerprint density at radius 3 is 1.78 bits per heavy atom. The summed E-state index contributed by atoms with van der Waals surface area (Å²) in [7, 11) is 3.10. The summed E-state index contributed by atoms with van der Waals surface area (Å²) < 4.78 is 10.9. The lowest BCUT2D eigenvalue weighted by atomic mass is 9.64. The fourth-order valence-corrected chi connectivity index (χ4v) is 8.52. The number of amides is 2. The SMILES string of the molecule is C=CC1NC([C@@H](NC(=O)c2nc(OC)cc3ccccc23)C(C)C)=NC[C@H]([C@@H]2CN=C([C@@H](NC(=O)c3nc(OC)cc4ccccc34)C(C)C)N[C@H]2C)[C@@]1(C)/C=C\CC. The van der Waals surface area contributed by atoms with Crippen LogP contribution in [0.25, 0.3) is 21.5 Å². The van der Waals surface area contributed by atoms with Crippen LogP contribution >= 0.6 is 0 Å². The summed E-state index contributed by atoms with van der Waals surface area (Å²) in [6.07, 6.45) is 7.35. The molecule has 0 fully saturated rings. The molecule has 4 aromatic rings. The maximum absolute atomic E-state index is 14.1. The molecule has 59 heavy (non-hydrogen) atoms. The van der Waals surface area contributed by atoms with Crippen molar-refractivity contribution in [3.8, 4) is 11.8 Å². The molecule has 1 unspecified atom stereocenters. The molecule has 4 N–H and O–H groups in total. The number of carbonyl (C=O) groups excluding carboxylic acids is 2. The number of allylic oxidation sites excluding steroid dienone is 1. The van der Waals surface area contributed by atoms with Gasteiger partial charge in [-0.15, -0.1) is 6.58 Å². The largest absolute Gasteiger partial charge is 0.481 e. The van der Waals surface area contributed by atoms with Crippen molar-refractivity contribution < 1.29 is 19.1 Å². The summed E-state index contributed by atoms with van der Waals surface area (Å²) in [6.45, 7) is 20.2. The molecular weight excluding hydrogens is 741 g/mol. The number of rotatable bonds is 14. The third-order valence-corrected chi connectivity index (χ3v) is 12.0. The van der Waals surface area contributed by atoms with Gasteiger partial charge in [0.25, 0.3) is 11.8 Å². The summed E-state index contributed by atoms with van der Waals surface area (Å²) in [5, 5.41) is 17.3. The van der Waals surface area contributed by atoms with E-state index in [0.717, 1.165) is 33.8 Å². The number of fused-ring (bicyclic) bond motifs is 2. The predicted octanol–water partition coefficient (Wildman–Crippen LogP) is 7.16. The first kappa shape index (κ1) is 42.8. The normalized spacial score (nSPS) is 23.1. The molecule has 0 saturated heterocycles. The fourth-order valence-electron chi connectivity index (χ4n) is 8.52. The van der Waals surface area contributed by atoms with E-state index in [1.54, 1.807) is 14.2 Å². The molecule has 6 rings (SSSR count). The van der Waals surface area contributed by atoms with E-state index in [1.807, 2.05) is 66.7 Å². The number of carbonyl (C=O) groups is 2. The Hall–Kier alpha value is -5.78. The zero-order chi connectivity index (χ0) is 42.4. The smallest absolute Gasteiger partial charge is 0.271 e. The molecule has 2 aliphatic heterocycles. The number of amidine groups is 2. The van der Waals surface area contributed by atoms with Crippen molar-refractivity contribution in [1.29, 1.82) is 0 Å². The van der Waals surface area contributed by atoms with E-state index in [9.17, 15) is 9.59 Å². The van der Waals surface area contributed by atoms with E-state index in [1.165, 1.54) is 0 Å². The second-order valence-corrected chi connectivity index (χ2v) is 16.5. The number of aromatic nitrogens is 2. The minimum absolute atomic E-state index is 0.00250. The third-order valence-electron chi connectivity index (χ3n) is 12.0. The Morgan fingerprint density at radius 2 is 1.32 bits per heavy atom. The van der Waals surface area contributed by atoms with Crippen LogP contribution in [0, 0.1) is 29.1 Å². The fraction of sp³-hybridized carbons (Fsp3) is 0.447. The number of pyridine rings is 2. The molecule has 0 saturated carbocycles. The second-order valence-electron chi connectivity index (χ2n) is 16.5. The number of hydrogen-bond donors (Lipinski definition) is 4. The number of nitrogens with one attached hydrogen (secondary N) is 4. The van der Waals surface area contributed by atoms with Gasteiger partial charge in [-0.05, 0) is 41.9 Å². The molecule has 0 aliphatic carbocycles. The van der Waals surface area contributed by atoms with Gasteiger partial charge in [-0.25, -0.2) is 9.97 Å². The highest BCUT2D eigenvalue weighted by atomic mass is 16.5. The van der Waals surface area contributed by atoms with Crippen LogP contribution in [-0.2, 0) is 0 Å². The Labute approximate surface area is 348 Å². The Morgan fingerprint density at radius 1 is 0.831 bits per heavy atom. The number of methoxy groups -OCH3 is 2. The molecule has 2 aromatic heterocycles. The van der Waals surface area contributed by atoms with Gasteiger partial charge < -0.3 is 30.7 Å². The molecule has 2 aromatic carbocycles. The maximum Gasteiger partial charge on any atom is 0.271 e. The average Bonchev–Trinajstić information content (AvgIpc) is 3.38. The van der Waals surface area contributed by atoms with Crippen LogP contribution in [0.4, 0.5) is 0 Å². The van der Waals surface area contributed by atoms with Crippen molar-refractivity contribution >= 4 is 45.0 Å². The number of hydrogen-bond acceptors (Lipinski definition) is 10. The van der Waals surface area contributed by atoms with Crippen molar-refractivity contribution in [2.45, 2.75) is 79.1 Å². The van der Waals surface area contributed by atoms with Crippen LogP contribution in [0.1, 0.15) is 75.9 Å². The lowest BCUT2D eigenvalue weighted by Crippen LogP contribution is -2.59. The van der Waals surface area contributed by atoms with E-state index in [-0.39, 0.29) is 53.6 Å². The topological polar surface area (TPSA) is 151 Å². The molecule has 12 heteroatoms. The standard InChI is InChI=1S/C47H60N8O4/c1-11-13-22-47(8)35(26-49-44(51-36(47)12-2)40(28(5)6)55-46(57)42-33-21-17-15-19-31(33)24-38(53-42)59-10)34-25-48-43(50-29(34)7)39(27(3)4)54-45(56)41-32-20-16-14-18-30(32)23-37(52-41)58-9/h12-24,27-29,34-36,39-40H,2,11,25-26H2,1,3-10H3,(H,48,50)(H,49,51)(H,54,56)(H,55,57)/b22-13-/t29-,34+,35+,36?,39-,40-,47+/m0/s1. The molecule has 0 spiro atoms. The zero-order valence-electron chi connectivity index (χ0n) is 35.9. The van der Waals surface area contributed by atoms with Gasteiger partial charge in [0, 0.05) is 53.4 Å². The van der Waals surface area contributed by atoms with Gasteiger partial charge in [0.1, 0.15) is 23.1 Å². The Bertz CT molecular complexity index is 2270. The van der Waals surface area contributed by atoms with Crippen molar-refractivity contribution in [3.63, 3.8) is 0 Å². The summed E-state index contributed by atoms with van der Waals surface area (Å²) in [6, 6.07) is 18.0. The molecule has 12 nitrogen and oxygen atoms in total. The van der Waals surface area contributed by atoms with E-state index in [0.29, 0.717) is 42.1 Å². The highest BCUT2D eigenvalue weighted by Crippen LogP contribution is 2.43. The minimum Gasteiger partial charge on any atom is -0.481 e. The van der Waals surface area contributed by atoms with Gasteiger partial charge in [-0.1, -0.05) is 108 Å². The molecule has 4 heterocycles. The van der Waals surface area contributed by atoms with Gasteiger partial charge in [-0.2, -0.15) is 0 Å². The van der Waals surface area contributed by atoms with Gasteiger partial charge in [0.05, 0.1) is 32.3 Å². The highest BCUT2D eigenvalue weighted by Gasteiger charge is 2.47. The molecule has 312 valence electrons. The number of nitrogens with zero attached hydrogens (tertiary/aromatic N) is 4. The van der Waals surface area contributed by atoms with E-state index < -0.39 is 11.5 Å². The number of benzene rings is 2. The number of aliphatic imine (C=N–C) groups is 2. The zero-order valence-corrected chi connectivity index (χ0v) is 35.9. The van der Waals surface area contributed by atoms with E-state index in [2.05, 4.69) is 98.4 Å². The summed E-state index contributed by atoms with van der Waals surface area (Å²) in [4.78, 5) is 47.7. The minimum atomic E-state index is -0.437. The molecule has 0 radical (unpaired) electrons. The van der Waals surface area contributed by atoms with Crippen LogP contribution in [0.15, 0.2) is 95.5 Å². The third kappa shape index (κ3) is 8.96. The Kier molecular flexibility index (Phi) is 13.4. The van der Waals surface area contributed by atoms with Crippen LogP contribution in [0.3, 0.4) is 0 Å². The molecule has 7 atom stereocenters. The van der Waals surface area contributed by atoms with Gasteiger partial charge in [0.15, 0.2) is 0 Å². The monoisotopic (exact) mass is 800 g/mol. The van der Waals surface area contributed by atoms with Gasteiger partial charge in [0.2, 0.25) is 11.8 Å². The predicted molar refractivity (Wildman–Crippen MR) is 238 cm³/mol. The lowest BCUT2D eigenvalue weighted by molar-refractivity contribution is 0.0926. The molecule has 2 aliphatic rings. The van der Waals surface area contributed by atoms with Crippen molar-refractivity contribution in [2.24, 2.45) is 39.1 Å². The average molecular weight is 801 g/mol. The second kappa shape index (κ2) is 18.4. The summed E-state index contributed by atoms with van der Waals surface area (Å²) >= 11 is 0. The van der Waals surface area contributed by atoms with Crippen molar-refractivity contribution in [2.75, 3.05) is 27.3 Å². The highest BCUT2D eigenvalue weighted by molar-refractivity contribution is 6.08. The molecular formula is C47H60N8O4. The van der Waals surface area contributed by atoms with E-state index >= 15 is 0 Å². The van der Waals surface area contributed by atoms with Crippen LogP contribution in [0.2, 0.25) is 0 Å².